The molecule has 0 unspecified atom stereocenters. The highest BCUT2D eigenvalue weighted by Crippen LogP contribution is 2.43. The summed E-state index contributed by atoms with van der Waals surface area (Å²) in [6.45, 7) is 8.48. The van der Waals surface area contributed by atoms with Gasteiger partial charge in [0.2, 0.25) is 0 Å². The number of aromatic nitrogens is 3. The van der Waals surface area contributed by atoms with Crippen molar-refractivity contribution in [1.82, 2.24) is 15.0 Å². The summed E-state index contributed by atoms with van der Waals surface area (Å²) in [7, 11) is 0. The number of nitrogens with zero attached hydrogens (tertiary/aromatic N) is 6. The number of halogens is 1. The maximum Gasteiger partial charge on any atom is 0.155 e. The van der Waals surface area contributed by atoms with E-state index in [4.69, 9.17) is 19.4 Å². The van der Waals surface area contributed by atoms with Crippen LogP contribution in [-0.4, -0.2) is 67.1 Å². The predicted octanol–water partition coefficient (Wildman–Crippen LogP) is 5.08. The van der Waals surface area contributed by atoms with Gasteiger partial charge in [-0.25, -0.2) is 9.97 Å². The normalized spacial score (nSPS) is 18.1. The fraction of sp³-hybridized carbons (Fsp3) is 0.345. The molecule has 3 aromatic heterocycles. The molecule has 0 bridgehead atoms. The van der Waals surface area contributed by atoms with Crippen LogP contribution < -0.4 is 14.9 Å². The van der Waals surface area contributed by atoms with E-state index in [0.717, 1.165) is 33.9 Å². The minimum Gasteiger partial charge on any atom is -0.378 e. The number of ether oxygens (including phenoxy) is 2. The second kappa shape index (κ2) is 10.5. The van der Waals surface area contributed by atoms with Gasteiger partial charge >= 0.3 is 0 Å². The van der Waals surface area contributed by atoms with Crippen molar-refractivity contribution in [2.45, 2.75) is 19.9 Å². The zero-order valence-corrected chi connectivity index (χ0v) is 21.7. The fourth-order valence-electron chi connectivity index (χ4n) is 5.31. The number of benzene rings is 1. The Labute approximate surface area is 221 Å². The third-order valence-corrected chi connectivity index (χ3v) is 7.29. The molecule has 6 rings (SSSR count). The lowest BCUT2D eigenvalue weighted by Crippen LogP contribution is -2.44. The van der Waals surface area contributed by atoms with Crippen LogP contribution in [0.4, 0.5) is 27.4 Å². The zero-order valence-electron chi connectivity index (χ0n) is 21.7. The van der Waals surface area contributed by atoms with Gasteiger partial charge in [-0.1, -0.05) is 22.7 Å². The summed E-state index contributed by atoms with van der Waals surface area (Å²) in [5, 5.41) is 1.53. The second-order valence-corrected chi connectivity index (χ2v) is 9.73. The lowest BCUT2D eigenvalue weighted by molar-refractivity contribution is 0.0989. The third kappa shape index (κ3) is 4.52. The topological polar surface area (TPSA) is 66.9 Å². The van der Waals surface area contributed by atoms with Crippen LogP contribution in [0.3, 0.4) is 0 Å². The molecule has 2 fully saturated rings. The zero-order chi connectivity index (χ0) is 26.1. The van der Waals surface area contributed by atoms with E-state index in [1.807, 2.05) is 55.6 Å². The number of morpholine rings is 2. The van der Waals surface area contributed by atoms with Crippen LogP contribution >= 0.6 is 0 Å². The Morgan fingerprint density at radius 3 is 2.61 bits per heavy atom. The minimum absolute atomic E-state index is 0.168. The SMILES string of the molecule is Cc1c(-c2cccnc2)nc2ccccc2c1N(F)c1cc(N2CCOC[C@H]2C)cnc1N1CCOCC1. The first-order valence-electron chi connectivity index (χ1n) is 13.0. The molecule has 0 radical (unpaired) electrons. The number of pyridine rings is 3. The van der Waals surface area contributed by atoms with Crippen LogP contribution in [0.1, 0.15) is 12.5 Å². The summed E-state index contributed by atoms with van der Waals surface area (Å²) >= 11 is 0. The van der Waals surface area contributed by atoms with Gasteiger partial charge in [-0.05, 0) is 38.1 Å². The number of para-hydroxylation sites is 1. The molecule has 2 aliphatic rings. The Morgan fingerprint density at radius 2 is 1.82 bits per heavy atom. The molecule has 5 heterocycles. The van der Waals surface area contributed by atoms with Crippen molar-refractivity contribution in [3.63, 3.8) is 0 Å². The molecule has 8 nitrogen and oxygen atoms in total. The molecule has 0 amide bonds. The highest BCUT2D eigenvalue weighted by molar-refractivity contribution is 5.99. The first-order chi connectivity index (χ1) is 18.6. The lowest BCUT2D eigenvalue weighted by atomic mass is 10.0. The molecule has 0 saturated carbocycles. The van der Waals surface area contributed by atoms with Crippen LogP contribution in [0.5, 0.6) is 0 Å². The molecule has 4 aromatic rings. The van der Waals surface area contributed by atoms with Gasteiger partial charge in [-0.3, -0.25) is 4.98 Å². The van der Waals surface area contributed by atoms with Crippen molar-refractivity contribution in [3.05, 3.63) is 66.6 Å². The maximum absolute atomic E-state index is 17.1. The second-order valence-electron chi connectivity index (χ2n) is 9.73. The van der Waals surface area contributed by atoms with E-state index in [1.54, 1.807) is 12.4 Å². The summed E-state index contributed by atoms with van der Waals surface area (Å²) in [4.78, 5) is 18.3. The summed E-state index contributed by atoms with van der Waals surface area (Å²) in [5.41, 5.74) is 4.73. The largest absolute Gasteiger partial charge is 0.378 e. The van der Waals surface area contributed by atoms with Gasteiger partial charge in [-0.2, -0.15) is 5.12 Å². The molecule has 0 aliphatic carbocycles. The van der Waals surface area contributed by atoms with Crippen LogP contribution in [0.15, 0.2) is 61.1 Å². The minimum atomic E-state index is 0.168. The molecular formula is C29H31FN6O2. The monoisotopic (exact) mass is 514 g/mol. The number of rotatable bonds is 5. The van der Waals surface area contributed by atoms with Gasteiger partial charge in [0.1, 0.15) is 5.69 Å². The fourth-order valence-corrected chi connectivity index (χ4v) is 5.31. The number of anilines is 4. The average Bonchev–Trinajstić information content (AvgIpc) is 2.97. The van der Waals surface area contributed by atoms with Crippen molar-refractivity contribution in [2.75, 3.05) is 61.0 Å². The van der Waals surface area contributed by atoms with Crippen LogP contribution in [0.2, 0.25) is 0 Å². The van der Waals surface area contributed by atoms with E-state index in [-0.39, 0.29) is 6.04 Å². The summed E-state index contributed by atoms with van der Waals surface area (Å²) in [6, 6.07) is 13.6. The summed E-state index contributed by atoms with van der Waals surface area (Å²) in [6.07, 6.45) is 5.33. The Kier molecular flexibility index (Phi) is 6.78. The van der Waals surface area contributed by atoms with Crippen molar-refractivity contribution < 1.29 is 14.0 Å². The molecule has 9 heteroatoms. The van der Waals surface area contributed by atoms with Crippen molar-refractivity contribution >= 4 is 33.8 Å². The van der Waals surface area contributed by atoms with Gasteiger partial charge in [-0.15, -0.1) is 0 Å². The van der Waals surface area contributed by atoms with Gasteiger partial charge in [0.25, 0.3) is 0 Å². The predicted molar refractivity (Wildman–Crippen MR) is 148 cm³/mol. The molecule has 0 N–H and O–H groups in total. The Bertz CT molecular complexity index is 1430. The van der Waals surface area contributed by atoms with Gasteiger partial charge in [0.05, 0.1) is 55.2 Å². The third-order valence-electron chi connectivity index (χ3n) is 7.29. The average molecular weight is 515 g/mol. The standard InChI is InChI=1S/C29H31FN6O2/c1-20-19-38-15-12-35(20)23-16-26(29(32-18-23)34-10-13-37-14-11-34)36(30)28-21(2)27(22-6-5-9-31-17-22)33-25-8-4-3-7-24(25)28/h3-9,16-18,20H,10-15,19H2,1-2H3/t20-/m1/s1. The molecule has 2 saturated heterocycles. The maximum atomic E-state index is 17.1. The smallest absolute Gasteiger partial charge is 0.155 e. The molecule has 196 valence electrons. The summed E-state index contributed by atoms with van der Waals surface area (Å²) in [5.74, 6) is 0.601. The number of fused-ring (bicyclic) bond motifs is 1. The van der Waals surface area contributed by atoms with E-state index in [2.05, 4.69) is 21.7 Å². The molecule has 1 aromatic carbocycles. The first kappa shape index (κ1) is 24.5. The number of hydrogen-bond donors (Lipinski definition) is 0. The Hall–Kier alpha value is -3.82. The van der Waals surface area contributed by atoms with Gasteiger partial charge in [0.15, 0.2) is 5.82 Å². The van der Waals surface area contributed by atoms with E-state index < -0.39 is 0 Å². The van der Waals surface area contributed by atoms with Crippen LogP contribution in [-0.2, 0) is 9.47 Å². The van der Waals surface area contributed by atoms with Crippen molar-refractivity contribution in [3.8, 4) is 11.3 Å². The van der Waals surface area contributed by atoms with Gasteiger partial charge < -0.3 is 19.3 Å². The quantitative estimate of drug-likeness (QED) is 0.342. The lowest BCUT2D eigenvalue weighted by Gasteiger charge is -2.36. The first-order valence-corrected chi connectivity index (χ1v) is 13.0. The van der Waals surface area contributed by atoms with Crippen molar-refractivity contribution in [1.29, 1.82) is 0 Å². The van der Waals surface area contributed by atoms with Gasteiger partial charge in [0, 0.05) is 54.6 Å². The van der Waals surface area contributed by atoms with Crippen molar-refractivity contribution in [2.24, 2.45) is 0 Å². The van der Waals surface area contributed by atoms with Crippen LogP contribution in [0, 0.1) is 6.92 Å². The van der Waals surface area contributed by atoms with E-state index in [1.165, 1.54) is 0 Å². The highest BCUT2D eigenvalue weighted by Gasteiger charge is 2.28. The Morgan fingerprint density at radius 1 is 1.00 bits per heavy atom. The van der Waals surface area contributed by atoms with E-state index in [9.17, 15) is 0 Å². The molecule has 2 aliphatic heterocycles. The van der Waals surface area contributed by atoms with E-state index >= 15 is 4.48 Å². The van der Waals surface area contributed by atoms with E-state index in [0.29, 0.717) is 67.9 Å². The van der Waals surface area contributed by atoms with Crippen LogP contribution in [0.25, 0.3) is 22.2 Å². The molecule has 1 atom stereocenters. The molecule has 0 spiro atoms. The number of hydrogen-bond acceptors (Lipinski definition) is 8. The summed E-state index contributed by atoms with van der Waals surface area (Å²) < 4.78 is 28.3. The highest BCUT2D eigenvalue weighted by atomic mass is 19.2. The Balaban J connectivity index is 1.53. The molecule has 38 heavy (non-hydrogen) atoms. The molecular weight excluding hydrogens is 483 g/mol.